The summed E-state index contributed by atoms with van der Waals surface area (Å²) in [6.07, 6.45) is 3.40. The standard InChI is InChI=1S/C15H21N3O2/c19-12(11-18-8-4-1-5-9-18)10-16-15-17-13-6-2-3-7-14(13)20-15/h2-3,6-7,12,19H,1,4-5,8-11H2,(H,16,17). The average molecular weight is 275 g/mol. The monoisotopic (exact) mass is 275 g/mol. The highest BCUT2D eigenvalue weighted by Gasteiger charge is 2.15. The SMILES string of the molecule is OC(CNc1nc2ccccc2o1)CN1CCCCC1. The van der Waals surface area contributed by atoms with E-state index in [4.69, 9.17) is 4.42 Å². The maximum absolute atomic E-state index is 10.1. The molecule has 2 N–H and O–H groups in total. The number of oxazole rings is 1. The number of benzene rings is 1. The first-order chi connectivity index (χ1) is 9.81. The van der Waals surface area contributed by atoms with Crippen molar-refractivity contribution in [3.8, 4) is 0 Å². The first-order valence-corrected chi connectivity index (χ1v) is 7.31. The van der Waals surface area contributed by atoms with E-state index in [-0.39, 0.29) is 0 Å². The number of piperidine rings is 1. The Hall–Kier alpha value is -1.59. The molecular weight excluding hydrogens is 254 g/mol. The normalized spacial score (nSPS) is 18.2. The topological polar surface area (TPSA) is 61.5 Å². The number of anilines is 1. The third-order valence-electron chi connectivity index (χ3n) is 3.70. The molecular formula is C15H21N3O2. The van der Waals surface area contributed by atoms with Gasteiger partial charge in [0.15, 0.2) is 5.58 Å². The van der Waals surface area contributed by atoms with E-state index in [0.717, 1.165) is 24.2 Å². The Kier molecular flexibility index (Phi) is 4.18. The van der Waals surface area contributed by atoms with Crippen molar-refractivity contribution in [2.75, 3.05) is 31.5 Å². The van der Waals surface area contributed by atoms with E-state index in [0.29, 0.717) is 19.1 Å². The molecule has 1 atom stereocenters. The molecule has 1 aromatic heterocycles. The molecule has 3 rings (SSSR count). The van der Waals surface area contributed by atoms with Crippen molar-refractivity contribution >= 4 is 17.1 Å². The number of hydrogen-bond acceptors (Lipinski definition) is 5. The molecule has 1 aliphatic heterocycles. The van der Waals surface area contributed by atoms with Crippen molar-refractivity contribution in [2.45, 2.75) is 25.4 Å². The van der Waals surface area contributed by atoms with Crippen molar-refractivity contribution in [1.29, 1.82) is 0 Å². The number of rotatable bonds is 5. The zero-order valence-electron chi connectivity index (χ0n) is 11.6. The van der Waals surface area contributed by atoms with E-state index in [9.17, 15) is 5.11 Å². The molecule has 1 unspecified atom stereocenters. The van der Waals surface area contributed by atoms with Gasteiger partial charge in [0, 0.05) is 13.1 Å². The fourth-order valence-corrected chi connectivity index (χ4v) is 2.66. The Balaban J connectivity index is 1.50. The van der Waals surface area contributed by atoms with Gasteiger partial charge in [0.1, 0.15) is 5.52 Å². The molecule has 5 heteroatoms. The van der Waals surface area contributed by atoms with E-state index in [2.05, 4.69) is 15.2 Å². The lowest BCUT2D eigenvalue weighted by Gasteiger charge is -2.28. The van der Waals surface area contributed by atoms with E-state index < -0.39 is 6.10 Å². The summed E-state index contributed by atoms with van der Waals surface area (Å²) in [6.45, 7) is 3.37. The maximum Gasteiger partial charge on any atom is 0.295 e. The van der Waals surface area contributed by atoms with E-state index in [1.54, 1.807) is 0 Å². The Morgan fingerprint density at radius 2 is 2.05 bits per heavy atom. The number of para-hydroxylation sites is 2. The summed E-state index contributed by atoms with van der Waals surface area (Å²) in [4.78, 5) is 6.65. The van der Waals surface area contributed by atoms with Crippen LogP contribution in [0.15, 0.2) is 28.7 Å². The molecule has 0 aliphatic carbocycles. The maximum atomic E-state index is 10.1. The highest BCUT2D eigenvalue weighted by molar-refractivity contribution is 5.74. The molecule has 0 radical (unpaired) electrons. The molecule has 2 heterocycles. The number of nitrogens with zero attached hydrogens (tertiary/aromatic N) is 2. The van der Waals surface area contributed by atoms with Crippen molar-refractivity contribution in [2.24, 2.45) is 0 Å². The van der Waals surface area contributed by atoms with Gasteiger partial charge < -0.3 is 19.7 Å². The first-order valence-electron chi connectivity index (χ1n) is 7.31. The van der Waals surface area contributed by atoms with Crippen molar-refractivity contribution in [3.05, 3.63) is 24.3 Å². The van der Waals surface area contributed by atoms with Crippen LogP contribution in [-0.4, -0.2) is 47.3 Å². The minimum atomic E-state index is -0.400. The summed E-state index contributed by atoms with van der Waals surface area (Å²) >= 11 is 0. The third kappa shape index (κ3) is 3.29. The van der Waals surface area contributed by atoms with Crippen molar-refractivity contribution in [3.63, 3.8) is 0 Å². The largest absolute Gasteiger partial charge is 0.424 e. The van der Waals surface area contributed by atoms with Crippen LogP contribution in [-0.2, 0) is 0 Å². The van der Waals surface area contributed by atoms with Gasteiger partial charge in [0.2, 0.25) is 0 Å². The Labute approximate surface area is 118 Å². The highest BCUT2D eigenvalue weighted by Crippen LogP contribution is 2.18. The molecule has 1 aliphatic rings. The number of hydrogen-bond donors (Lipinski definition) is 2. The van der Waals surface area contributed by atoms with Crippen LogP contribution in [0.25, 0.3) is 11.1 Å². The number of β-amino-alcohol motifs (C(OH)–C–C–N with tert-alkyl or cyclic N) is 1. The predicted molar refractivity (Wildman–Crippen MR) is 78.8 cm³/mol. The number of fused-ring (bicyclic) bond motifs is 1. The average Bonchev–Trinajstić information content (AvgIpc) is 2.89. The quantitative estimate of drug-likeness (QED) is 0.875. The smallest absolute Gasteiger partial charge is 0.295 e. The van der Waals surface area contributed by atoms with E-state index in [1.807, 2.05) is 24.3 Å². The second-order valence-electron chi connectivity index (χ2n) is 5.38. The Bertz CT molecular complexity index is 516. The Morgan fingerprint density at radius 3 is 2.85 bits per heavy atom. The van der Waals surface area contributed by atoms with Crippen LogP contribution in [0.2, 0.25) is 0 Å². The first kappa shape index (κ1) is 13.4. The summed E-state index contributed by atoms with van der Waals surface area (Å²) < 4.78 is 5.56. The second kappa shape index (κ2) is 6.24. The summed E-state index contributed by atoms with van der Waals surface area (Å²) in [7, 11) is 0. The molecule has 0 amide bonds. The molecule has 5 nitrogen and oxygen atoms in total. The minimum absolute atomic E-state index is 0.400. The number of aromatic nitrogens is 1. The van der Waals surface area contributed by atoms with Crippen LogP contribution in [0.4, 0.5) is 6.01 Å². The van der Waals surface area contributed by atoms with Gasteiger partial charge in [0.25, 0.3) is 6.01 Å². The zero-order valence-corrected chi connectivity index (χ0v) is 11.6. The predicted octanol–water partition coefficient (Wildman–Crippen LogP) is 2.09. The van der Waals surface area contributed by atoms with Crippen molar-refractivity contribution < 1.29 is 9.52 Å². The minimum Gasteiger partial charge on any atom is -0.424 e. The van der Waals surface area contributed by atoms with Crippen LogP contribution in [0.5, 0.6) is 0 Å². The van der Waals surface area contributed by atoms with Gasteiger partial charge in [0.05, 0.1) is 6.10 Å². The van der Waals surface area contributed by atoms with Crippen LogP contribution in [0.3, 0.4) is 0 Å². The molecule has 1 fully saturated rings. The molecule has 0 bridgehead atoms. The lowest BCUT2D eigenvalue weighted by molar-refractivity contribution is 0.109. The summed E-state index contributed by atoms with van der Waals surface area (Å²) in [5.41, 5.74) is 1.60. The van der Waals surface area contributed by atoms with Gasteiger partial charge in [-0.05, 0) is 38.1 Å². The van der Waals surface area contributed by atoms with Gasteiger partial charge in [-0.3, -0.25) is 0 Å². The van der Waals surface area contributed by atoms with Gasteiger partial charge in [-0.15, -0.1) is 0 Å². The number of likely N-dealkylation sites (tertiary alicyclic amines) is 1. The zero-order chi connectivity index (χ0) is 13.8. The summed E-state index contributed by atoms with van der Waals surface area (Å²) in [5.74, 6) is 0. The molecule has 0 saturated carbocycles. The highest BCUT2D eigenvalue weighted by atomic mass is 16.4. The number of aliphatic hydroxyl groups excluding tert-OH is 1. The summed E-state index contributed by atoms with van der Waals surface area (Å²) in [6, 6.07) is 8.12. The van der Waals surface area contributed by atoms with Gasteiger partial charge in [-0.25, -0.2) is 0 Å². The van der Waals surface area contributed by atoms with Crippen LogP contribution < -0.4 is 5.32 Å². The fourth-order valence-electron chi connectivity index (χ4n) is 2.66. The lowest BCUT2D eigenvalue weighted by Crippen LogP contribution is -2.39. The van der Waals surface area contributed by atoms with Crippen molar-refractivity contribution in [1.82, 2.24) is 9.88 Å². The van der Waals surface area contributed by atoms with Gasteiger partial charge in [-0.2, -0.15) is 4.98 Å². The Morgan fingerprint density at radius 1 is 1.25 bits per heavy atom. The molecule has 20 heavy (non-hydrogen) atoms. The molecule has 1 aromatic carbocycles. The molecule has 1 saturated heterocycles. The molecule has 108 valence electrons. The number of nitrogens with one attached hydrogen (secondary N) is 1. The van der Waals surface area contributed by atoms with Gasteiger partial charge in [-0.1, -0.05) is 18.6 Å². The third-order valence-corrected chi connectivity index (χ3v) is 3.70. The van der Waals surface area contributed by atoms with E-state index >= 15 is 0 Å². The molecule has 2 aromatic rings. The second-order valence-corrected chi connectivity index (χ2v) is 5.38. The fraction of sp³-hybridized carbons (Fsp3) is 0.533. The lowest BCUT2D eigenvalue weighted by atomic mass is 10.1. The van der Waals surface area contributed by atoms with E-state index in [1.165, 1.54) is 19.3 Å². The van der Waals surface area contributed by atoms with Crippen LogP contribution in [0.1, 0.15) is 19.3 Å². The number of aliphatic hydroxyl groups is 1. The summed E-state index contributed by atoms with van der Waals surface area (Å²) in [5, 5.41) is 13.1. The van der Waals surface area contributed by atoms with Crippen LogP contribution in [0, 0.1) is 0 Å². The van der Waals surface area contributed by atoms with Crippen LogP contribution >= 0.6 is 0 Å². The van der Waals surface area contributed by atoms with Gasteiger partial charge >= 0.3 is 0 Å². The molecule has 0 spiro atoms.